The third-order valence-electron chi connectivity index (χ3n) is 10.2. The summed E-state index contributed by atoms with van der Waals surface area (Å²) in [5.74, 6) is 0.0838. The topological polar surface area (TPSA) is 49.7 Å². The van der Waals surface area contributed by atoms with Gasteiger partial charge in [0.05, 0.1) is 6.04 Å². The predicted molar refractivity (Wildman–Crippen MR) is 178 cm³/mol. The molecule has 3 aliphatic rings. The van der Waals surface area contributed by atoms with Crippen LogP contribution in [0.3, 0.4) is 0 Å². The number of piperazine rings is 1. The molecule has 0 saturated carbocycles. The van der Waals surface area contributed by atoms with Gasteiger partial charge in [0.15, 0.2) is 0 Å². The molecule has 47 heavy (non-hydrogen) atoms. The average Bonchev–Trinajstić information content (AvgIpc) is 3.76. The van der Waals surface area contributed by atoms with Crippen LogP contribution in [0.5, 0.6) is 5.75 Å². The van der Waals surface area contributed by atoms with Gasteiger partial charge in [0, 0.05) is 73.9 Å². The molecule has 3 fully saturated rings. The Hall–Kier alpha value is -3.66. The number of carbonyl (C=O) groups is 1. The van der Waals surface area contributed by atoms with Crippen LogP contribution in [0.2, 0.25) is 0 Å². The highest BCUT2D eigenvalue weighted by atomic mass is 19.4. The first-order valence-electron chi connectivity index (χ1n) is 17.1. The number of benzene rings is 3. The first-order valence-corrected chi connectivity index (χ1v) is 17.1. The van der Waals surface area contributed by atoms with Crippen LogP contribution in [0.25, 0.3) is 22.0 Å². The van der Waals surface area contributed by atoms with E-state index in [1.807, 2.05) is 0 Å². The molecule has 0 aliphatic carbocycles. The van der Waals surface area contributed by atoms with Gasteiger partial charge in [-0.05, 0) is 79.6 Å². The monoisotopic (exact) mass is 644 g/mol. The Morgan fingerprint density at radius 3 is 2.30 bits per heavy atom. The first kappa shape index (κ1) is 31.9. The SMILES string of the molecule is O=C(CCCCn1cc(-c2ccc(OC(F)(F)F)cc2)c2cc(CN3CC4CC3CN4Cc3ccccc3)ccc21)C1CCCCN1. The number of fused-ring (bicyclic) bond motifs is 3. The summed E-state index contributed by atoms with van der Waals surface area (Å²) in [6.07, 6.45) is 4.04. The van der Waals surface area contributed by atoms with Gasteiger partial charge in [0.25, 0.3) is 0 Å². The lowest BCUT2D eigenvalue weighted by molar-refractivity contribution is -0.274. The van der Waals surface area contributed by atoms with Gasteiger partial charge in [-0.3, -0.25) is 14.6 Å². The number of nitrogens with one attached hydrogen (secondary N) is 1. The summed E-state index contributed by atoms with van der Waals surface area (Å²) in [5.41, 5.74) is 5.52. The van der Waals surface area contributed by atoms with Crippen molar-refractivity contribution in [2.24, 2.45) is 0 Å². The Balaban J connectivity index is 1.06. The Kier molecular flexibility index (Phi) is 9.39. The molecule has 0 radical (unpaired) electrons. The van der Waals surface area contributed by atoms with Crippen molar-refractivity contribution in [3.63, 3.8) is 0 Å². The Morgan fingerprint density at radius 1 is 0.872 bits per heavy atom. The quantitative estimate of drug-likeness (QED) is 0.162. The van der Waals surface area contributed by atoms with E-state index >= 15 is 0 Å². The summed E-state index contributed by atoms with van der Waals surface area (Å²) in [6.45, 7) is 5.69. The summed E-state index contributed by atoms with van der Waals surface area (Å²) >= 11 is 0. The minimum Gasteiger partial charge on any atom is -0.406 e. The second-order valence-corrected chi connectivity index (χ2v) is 13.5. The zero-order chi connectivity index (χ0) is 32.4. The zero-order valence-corrected chi connectivity index (χ0v) is 26.7. The van der Waals surface area contributed by atoms with Crippen LogP contribution >= 0.6 is 0 Å². The van der Waals surface area contributed by atoms with Gasteiger partial charge in [-0.1, -0.05) is 55.0 Å². The number of hydrogen-bond donors (Lipinski definition) is 1. The number of Topliss-reactive ketones (excluding diaryl/α,β-unsaturated/α-hetero) is 1. The minimum atomic E-state index is -4.73. The second kappa shape index (κ2) is 13.8. The van der Waals surface area contributed by atoms with Gasteiger partial charge >= 0.3 is 6.36 Å². The first-order chi connectivity index (χ1) is 22.8. The van der Waals surface area contributed by atoms with Crippen LogP contribution in [0.15, 0.2) is 79.0 Å². The molecule has 9 heteroatoms. The molecule has 3 unspecified atom stereocenters. The minimum absolute atomic E-state index is 0.00300. The number of piperidine rings is 1. The van der Waals surface area contributed by atoms with E-state index in [2.05, 4.69) is 79.1 Å². The van der Waals surface area contributed by atoms with Crippen LogP contribution in [-0.2, 0) is 24.4 Å². The molecule has 248 valence electrons. The molecule has 0 spiro atoms. The van der Waals surface area contributed by atoms with Crippen molar-refractivity contribution < 1.29 is 22.7 Å². The largest absolute Gasteiger partial charge is 0.573 e. The fraction of sp³-hybridized carbons (Fsp3) is 0.447. The van der Waals surface area contributed by atoms with Gasteiger partial charge in [-0.25, -0.2) is 0 Å². The van der Waals surface area contributed by atoms with Crippen molar-refractivity contribution in [1.82, 2.24) is 19.7 Å². The maximum absolute atomic E-state index is 12.8. The number of nitrogens with zero attached hydrogens (tertiary/aromatic N) is 3. The van der Waals surface area contributed by atoms with Crippen LogP contribution in [-0.4, -0.2) is 64.3 Å². The van der Waals surface area contributed by atoms with E-state index in [4.69, 9.17) is 0 Å². The maximum atomic E-state index is 12.8. The van der Waals surface area contributed by atoms with Gasteiger partial charge in [-0.15, -0.1) is 13.2 Å². The summed E-state index contributed by atoms with van der Waals surface area (Å²) in [5, 5.41) is 4.45. The fourth-order valence-corrected chi connectivity index (χ4v) is 7.85. The molecular weight excluding hydrogens is 601 g/mol. The van der Waals surface area contributed by atoms with E-state index in [1.54, 1.807) is 12.1 Å². The summed E-state index contributed by atoms with van der Waals surface area (Å²) < 4.78 is 44.8. The Morgan fingerprint density at radius 2 is 1.62 bits per heavy atom. The lowest BCUT2D eigenvalue weighted by Crippen LogP contribution is -2.45. The van der Waals surface area contributed by atoms with Crippen LogP contribution in [0.1, 0.15) is 56.1 Å². The number of hydrogen-bond acceptors (Lipinski definition) is 5. The van der Waals surface area contributed by atoms with Crippen molar-refractivity contribution >= 4 is 16.7 Å². The number of alkyl halides is 3. The molecule has 0 amide bonds. The van der Waals surface area contributed by atoms with E-state index in [-0.39, 0.29) is 11.8 Å². The number of ether oxygens (including phenoxy) is 1. The molecule has 2 bridgehead atoms. The molecule has 1 N–H and O–H groups in total. The molecular formula is C38H43F3N4O2. The van der Waals surface area contributed by atoms with Crippen molar-refractivity contribution in [3.05, 3.63) is 90.1 Å². The van der Waals surface area contributed by atoms with Crippen LogP contribution in [0.4, 0.5) is 13.2 Å². The average molecular weight is 645 g/mol. The van der Waals surface area contributed by atoms with E-state index in [0.29, 0.717) is 24.3 Å². The predicted octanol–water partition coefficient (Wildman–Crippen LogP) is 7.55. The number of aryl methyl sites for hydroxylation is 1. The molecule has 4 heterocycles. The second-order valence-electron chi connectivity index (χ2n) is 13.5. The van der Waals surface area contributed by atoms with E-state index in [9.17, 15) is 18.0 Å². The number of rotatable bonds is 12. The Labute approximate surface area is 274 Å². The molecule has 7 rings (SSSR count). The highest BCUT2D eigenvalue weighted by molar-refractivity contribution is 5.96. The Bertz CT molecular complexity index is 1660. The normalized spacial score (nSPS) is 21.9. The molecule has 3 atom stereocenters. The zero-order valence-electron chi connectivity index (χ0n) is 26.7. The van der Waals surface area contributed by atoms with Crippen molar-refractivity contribution in [1.29, 1.82) is 0 Å². The van der Waals surface area contributed by atoms with Crippen molar-refractivity contribution in [2.75, 3.05) is 19.6 Å². The lowest BCUT2D eigenvalue weighted by Gasteiger charge is -2.34. The molecule has 3 saturated heterocycles. The number of likely N-dealkylation sites (tertiary alicyclic amines) is 2. The summed E-state index contributed by atoms with van der Waals surface area (Å²) in [7, 11) is 0. The van der Waals surface area contributed by atoms with E-state index in [1.165, 1.54) is 29.7 Å². The number of ketones is 1. The maximum Gasteiger partial charge on any atom is 0.573 e. The molecule has 6 nitrogen and oxygen atoms in total. The van der Waals surface area contributed by atoms with Crippen molar-refractivity contribution in [2.45, 2.75) is 89.1 Å². The smallest absolute Gasteiger partial charge is 0.406 e. The van der Waals surface area contributed by atoms with E-state index < -0.39 is 6.36 Å². The molecule has 4 aromatic rings. The molecule has 1 aromatic heterocycles. The fourth-order valence-electron chi connectivity index (χ4n) is 7.85. The van der Waals surface area contributed by atoms with Gasteiger partial charge in [-0.2, -0.15) is 0 Å². The highest BCUT2D eigenvalue weighted by Crippen LogP contribution is 2.36. The van der Waals surface area contributed by atoms with Crippen LogP contribution in [0, 0.1) is 0 Å². The van der Waals surface area contributed by atoms with E-state index in [0.717, 1.165) is 93.4 Å². The van der Waals surface area contributed by atoms with Gasteiger partial charge in [0.1, 0.15) is 11.5 Å². The summed E-state index contributed by atoms with van der Waals surface area (Å²) in [4.78, 5) is 17.9. The number of halogens is 3. The number of unbranched alkanes of at least 4 members (excludes halogenated alkanes) is 1. The van der Waals surface area contributed by atoms with Gasteiger partial charge in [0.2, 0.25) is 0 Å². The van der Waals surface area contributed by atoms with Crippen molar-refractivity contribution in [3.8, 4) is 16.9 Å². The van der Waals surface area contributed by atoms with Gasteiger partial charge < -0.3 is 14.6 Å². The third kappa shape index (κ3) is 7.58. The molecule has 3 aliphatic heterocycles. The lowest BCUT2D eigenvalue weighted by atomic mass is 9.98. The highest BCUT2D eigenvalue weighted by Gasteiger charge is 2.42. The number of carbonyl (C=O) groups excluding carboxylic acids is 1. The standard InChI is InChI=1S/C38H43F3N4O2/c39-38(40,41)47-32-15-13-29(14-16-32)34-26-43(19-7-5-11-37(46)35-10-4-6-18-42-35)36-17-12-28(20-33(34)36)23-45-25-30-21-31(45)24-44(30)22-27-8-2-1-3-9-27/h1-3,8-9,12-17,20,26,30-31,35,42H,4-7,10-11,18-19,21-25H2. The summed E-state index contributed by atoms with van der Waals surface area (Å²) in [6, 6.07) is 24.6. The number of aromatic nitrogens is 1. The third-order valence-corrected chi connectivity index (χ3v) is 10.2. The molecule has 3 aromatic carbocycles. The van der Waals surface area contributed by atoms with Crippen LogP contribution < -0.4 is 10.1 Å².